The van der Waals surface area contributed by atoms with E-state index < -0.39 is 17.7 Å². The lowest BCUT2D eigenvalue weighted by molar-refractivity contribution is -0.139. The number of piperidine rings is 1. The first kappa shape index (κ1) is 24.8. The van der Waals surface area contributed by atoms with Crippen LogP contribution < -0.4 is 4.74 Å². The summed E-state index contributed by atoms with van der Waals surface area (Å²) < 4.78 is 48.6. The van der Waals surface area contributed by atoms with E-state index in [1.807, 2.05) is 6.07 Å². The number of hydrogen-bond donors (Lipinski definition) is 1. The molecule has 0 amide bonds. The molecule has 2 aromatic rings. The minimum absolute atomic E-state index is 0.0655. The zero-order chi connectivity index (χ0) is 24.3. The average molecular weight is 478 g/mol. The largest absolute Gasteiger partial charge is 0.490 e. The highest BCUT2D eigenvalue weighted by atomic mass is 19.4. The Morgan fingerprint density at radius 3 is 2.56 bits per heavy atom. The van der Waals surface area contributed by atoms with Gasteiger partial charge in [-0.25, -0.2) is 0 Å². The van der Waals surface area contributed by atoms with Gasteiger partial charge in [0, 0.05) is 19.5 Å². The van der Waals surface area contributed by atoms with Crippen LogP contribution in [0.4, 0.5) is 13.2 Å². The molecule has 1 saturated carbocycles. The van der Waals surface area contributed by atoms with Crippen LogP contribution in [0.5, 0.6) is 5.75 Å². The highest BCUT2D eigenvalue weighted by Gasteiger charge is 2.37. The van der Waals surface area contributed by atoms with Crippen LogP contribution >= 0.6 is 0 Å². The Labute approximate surface area is 199 Å². The Morgan fingerprint density at radius 2 is 1.85 bits per heavy atom. The Kier molecular flexibility index (Phi) is 7.70. The molecule has 1 aliphatic heterocycles. The Morgan fingerprint density at radius 1 is 1.12 bits per heavy atom. The predicted octanol–water partition coefficient (Wildman–Crippen LogP) is 6.55. The summed E-state index contributed by atoms with van der Waals surface area (Å²) in [7, 11) is 0. The number of benzene rings is 2. The fourth-order valence-electron chi connectivity index (χ4n) is 5.47. The van der Waals surface area contributed by atoms with Gasteiger partial charge in [0.15, 0.2) is 0 Å². The normalized spacial score (nSPS) is 24.3. The summed E-state index contributed by atoms with van der Waals surface area (Å²) in [4.78, 5) is 13.3. The van der Waals surface area contributed by atoms with Gasteiger partial charge in [-0.1, -0.05) is 31.2 Å². The number of carboxylic acid groups (broad SMARTS) is 1. The molecule has 0 bridgehead atoms. The van der Waals surface area contributed by atoms with E-state index in [0.717, 1.165) is 57.2 Å². The van der Waals surface area contributed by atoms with Gasteiger partial charge in [-0.3, -0.25) is 4.79 Å². The highest BCUT2D eigenvalue weighted by molar-refractivity contribution is 5.89. The molecule has 2 aliphatic rings. The summed E-state index contributed by atoms with van der Waals surface area (Å²) in [5.41, 5.74) is 0.173. The van der Waals surface area contributed by atoms with Crippen LogP contribution in [0.15, 0.2) is 30.3 Å². The van der Waals surface area contributed by atoms with Crippen LogP contribution in [0.2, 0.25) is 0 Å². The number of fused-ring (bicyclic) bond motifs is 1. The molecule has 0 aromatic heterocycles. The first-order chi connectivity index (χ1) is 16.2. The SMILES string of the molecule is C[C@H]1CC[C@@H](Oc2ccc3ccc(CCN4CCC[C@H](CC(=O)O)C4)cc3c2C(F)(F)F)CC1. The number of nitrogens with zero attached hydrogens (tertiary/aromatic N) is 1. The van der Waals surface area contributed by atoms with E-state index in [1.165, 1.54) is 6.07 Å². The van der Waals surface area contributed by atoms with Crippen LogP contribution in [0, 0.1) is 11.8 Å². The van der Waals surface area contributed by atoms with Gasteiger partial charge in [-0.05, 0) is 85.7 Å². The molecular formula is C27H34F3NO3. The lowest BCUT2D eigenvalue weighted by Crippen LogP contribution is -2.37. The number of rotatable bonds is 7. The van der Waals surface area contributed by atoms with Gasteiger partial charge < -0.3 is 14.7 Å². The van der Waals surface area contributed by atoms with Crippen LogP contribution in [0.3, 0.4) is 0 Å². The van der Waals surface area contributed by atoms with Crippen molar-refractivity contribution in [3.05, 3.63) is 41.5 Å². The lowest BCUT2D eigenvalue weighted by Gasteiger charge is -2.32. The molecule has 1 heterocycles. The van der Waals surface area contributed by atoms with E-state index in [0.29, 0.717) is 24.3 Å². The molecule has 186 valence electrons. The first-order valence-corrected chi connectivity index (χ1v) is 12.4. The number of carbonyl (C=O) groups is 1. The quantitative estimate of drug-likeness (QED) is 0.492. The second-order valence-corrected chi connectivity index (χ2v) is 10.1. The first-order valence-electron chi connectivity index (χ1n) is 12.4. The molecule has 1 N–H and O–H groups in total. The third kappa shape index (κ3) is 6.23. The van der Waals surface area contributed by atoms with E-state index in [1.54, 1.807) is 18.2 Å². The van der Waals surface area contributed by atoms with Gasteiger partial charge in [0.2, 0.25) is 0 Å². The third-order valence-electron chi connectivity index (χ3n) is 7.37. The number of hydrogen-bond acceptors (Lipinski definition) is 3. The molecule has 0 spiro atoms. The Hall–Kier alpha value is -2.28. The molecule has 1 aliphatic carbocycles. The summed E-state index contributed by atoms with van der Waals surface area (Å²) in [5.74, 6) is -0.103. The van der Waals surface area contributed by atoms with Crippen LogP contribution in [0.1, 0.15) is 63.0 Å². The predicted molar refractivity (Wildman–Crippen MR) is 126 cm³/mol. The van der Waals surface area contributed by atoms with Gasteiger partial charge in [0.1, 0.15) is 11.3 Å². The topological polar surface area (TPSA) is 49.8 Å². The standard InChI is InChI=1S/C27H34F3NO3/c1-18-4-9-22(10-5-18)34-24-11-8-21-7-6-19(15-23(21)26(24)27(28,29)30)12-14-31-13-2-3-20(17-31)16-25(32)33/h6-8,11,15,18,20,22H,2-5,9-10,12-14,16-17H2,1H3,(H,32,33)/t18-,20-,22+/m1/s1. The van der Waals surface area contributed by atoms with E-state index in [4.69, 9.17) is 9.84 Å². The third-order valence-corrected chi connectivity index (χ3v) is 7.37. The van der Waals surface area contributed by atoms with Crippen molar-refractivity contribution in [1.82, 2.24) is 4.90 Å². The van der Waals surface area contributed by atoms with Crippen molar-refractivity contribution >= 4 is 16.7 Å². The van der Waals surface area contributed by atoms with Crippen LogP contribution in [-0.4, -0.2) is 41.7 Å². The maximum absolute atomic E-state index is 14.2. The molecule has 34 heavy (non-hydrogen) atoms. The Bertz CT molecular complexity index is 999. The smallest absolute Gasteiger partial charge is 0.420 e. The average Bonchev–Trinajstić information content (AvgIpc) is 2.78. The summed E-state index contributed by atoms with van der Waals surface area (Å²) in [6.45, 7) is 4.51. The maximum atomic E-state index is 14.2. The van der Waals surface area contributed by atoms with Crippen molar-refractivity contribution < 1.29 is 27.8 Å². The molecular weight excluding hydrogens is 443 g/mol. The number of carboxylic acids is 1. The molecule has 1 atom stereocenters. The molecule has 2 aromatic carbocycles. The molecule has 0 unspecified atom stereocenters. The molecule has 4 nitrogen and oxygen atoms in total. The number of likely N-dealkylation sites (tertiary alicyclic amines) is 1. The van der Waals surface area contributed by atoms with E-state index in [-0.39, 0.29) is 29.6 Å². The van der Waals surface area contributed by atoms with Crippen LogP contribution in [0.25, 0.3) is 10.8 Å². The fourth-order valence-corrected chi connectivity index (χ4v) is 5.47. The van der Waals surface area contributed by atoms with Gasteiger partial charge in [-0.15, -0.1) is 0 Å². The van der Waals surface area contributed by atoms with E-state index in [2.05, 4.69) is 11.8 Å². The van der Waals surface area contributed by atoms with Gasteiger partial charge in [0.25, 0.3) is 0 Å². The van der Waals surface area contributed by atoms with E-state index >= 15 is 0 Å². The number of aliphatic carboxylic acids is 1. The van der Waals surface area contributed by atoms with Crippen molar-refractivity contribution in [2.75, 3.05) is 19.6 Å². The summed E-state index contributed by atoms with van der Waals surface area (Å²) in [6, 6.07) is 8.50. The van der Waals surface area contributed by atoms with Crippen molar-refractivity contribution in [2.45, 2.75) is 70.6 Å². The van der Waals surface area contributed by atoms with Crippen molar-refractivity contribution in [1.29, 1.82) is 0 Å². The van der Waals surface area contributed by atoms with Crippen molar-refractivity contribution in [2.24, 2.45) is 11.8 Å². The zero-order valence-corrected chi connectivity index (χ0v) is 19.7. The van der Waals surface area contributed by atoms with Gasteiger partial charge in [-0.2, -0.15) is 13.2 Å². The summed E-state index contributed by atoms with van der Waals surface area (Å²) in [6.07, 6.45) is 1.52. The number of ether oxygens (including phenoxy) is 1. The Balaban J connectivity index is 1.52. The minimum atomic E-state index is -4.51. The van der Waals surface area contributed by atoms with Crippen molar-refractivity contribution in [3.8, 4) is 5.75 Å². The molecule has 2 fully saturated rings. The summed E-state index contributed by atoms with van der Waals surface area (Å²) >= 11 is 0. The monoisotopic (exact) mass is 477 g/mol. The molecule has 7 heteroatoms. The number of halogens is 3. The molecule has 0 radical (unpaired) electrons. The minimum Gasteiger partial charge on any atom is -0.490 e. The second kappa shape index (κ2) is 10.5. The van der Waals surface area contributed by atoms with Crippen molar-refractivity contribution in [3.63, 3.8) is 0 Å². The highest BCUT2D eigenvalue weighted by Crippen LogP contribution is 2.43. The fraction of sp³-hybridized carbons (Fsp3) is 0.593. The zero-order valence-electron chi connectivity index (χ0n) is 19.7. The molecule has 1 saturated heterocycles. The van der Waals surface area contributed by atoms with Crippen LogP contribution in [-0.2, 0) is 17.4 Å². The van der Waals surface area contributed by atoms with E-state index in [9.17, 15) is 18.0 Å². The number of alkyl halides is 3. The second-order valence-electron chi connectivity index (χ2n) is 10.1. The summed E-state index contributed by atoms with van der Waals surface area (Å²) in [5, 5.41) is 9.81. The van der Waals surface area contributed by atoms with Gasteiger partial charge >= 0.3 is 12.1 Å². The maximum Gasteiger partial charge on any atom is 0.420 e. The molecule has 4 rings (SSSR count). The van der Waals surface area contributed by atoms with Gasteiger partial charge in [0.05, 0.1) is 6.10 Å². The lowest BCUT2D eigenvalue weighted by atomic mass is 9.89.